The van der Waals surface area contributed by atoms with Crippen molar-refractivity contribution in [3.05, 3.63) is 99.7 Å². The van der Waals surface area contributed by atoms with E-state index in [9.17, 15) is 9.90 Å². The molecule has 0 aliphatic rings. The number of hydrogen-bond acceptors (Lipinski definition) is 3. The number of nitrogens with zero attached hydrogens (tertiary/aromatic N) is 1. The Morgan fingerprint density at radius 2 is 1.78 bits per heavy atom. The molecular formula is C26H23BrN2O3. The maximum absolute atomic E-state index is 11.8. The minimum absolute atomic E-state index is 0.189. The molecule has 0 amide bonds. The number of aromatic carboxylic acids is 1. The molecule has 0 radical (unpaired) electrons. The predicted octanol–water partition coefficient (Wildman–Crippen LogP) is 6.38. The van der Waals surface area contributed by atoms with Crippen LogP contribution in [0.25, 0.3) is 16.9 Å². The number of anilines is 1. The summed E-state index contributed by atoms with van der Waals surface area (Å²) in [5.74, 6) is -0.272. The standard InChI is InChI=1S/C26H23BrN2O3/c1-16-8-10-24(29(16)20-13-21(26(30)31)17(2)23(28)14-20)22-12-19(27)9-11-25(22)32-15-18-6-4-3-5-7-18/h3-14H,15,28H2,1-2H3,(H,30,31). The van der Waals surface area contributed by atoms with Gasteiger partial charge in [0.25, 0.3) is 0 Å². The lowest BCUT2D eigenvalue weighted by Gasteiger charge is -2.18. The van der Waals surface area contributed by atoms with Crippen molar-refractivity contribution in [3.63, 3.8) is 0 Å². The van der Waals surface area contributed by atoms with Crippen molar-refractivity contribution in [1.82, 2.24) is 4.57 Å². The number of carbonyl (C=O) groups is 1. The maximum atomic E-state index is 11.8. The van der Waals surface area contributed by atoms with Gasteiger partial charge in [-0.25, -0.2) is 4.79 Å². The fourth-order valence-corrected chi connectivity index (χ4v) is 4.09. The SMILES string of the molecule is Cc1c(N)cc(-n2c(C)ccc2-c2cc(Br)ccc2OCc2ccccc2)cc1C(=O)O. The molecule has 1 aromatic heterocycles. The fourth-order valence-electron chi connectivity index (χ4n) is 3.73. The summed E-state index contributed by atoms with van der Waals surface area (Å²) in [6.07, 6.45) is 0. The smallest absolute Gasteiger partial charge is 0.336 e. The number of halogens is 1. The molecule has 0 bridgehead atoms. The second-order valence-electron chi connectivity index (χ2n) is 7.62. The van der Waals surface area contributed by atoms with Gasteiger partial charge in [-0.3, -0.25) is 0 Å². The number of carboxylic acid groups (broad SMARTS) is 1. The van der Waals surface area contributed by atoms with Crippen LogP contribution in [0.4, 0.5) is 5.69 Å². The molecule has 0 unspecified atom stereocenters. The number of nitrogens with two attached hydrogens (primary N) is 1. The average molecular weight is 491 g/mol. The molecule has 4 rings (SSSR count). The molecule has 0 atom stereocenters. The van der Waals surface area contributed by atoms with Crippen LogP contribution in [0.15, 0.2) is 77.3 Å². The van der Waals surface area contributed by atoms with Gasteiger partial charge in [0.05, 0.1) is 11.3 Å². The average Bonchev–Trinajstić information content (AvgIpc) is 3.16. The van der Waals surface area contributed by atoms with E-state index in [1.54, 1.807) is 19.1 Å². The van der Waals surface area contributed by atoms with Gasteiger partial charge in [0.1, 0.15) is 12.4 Å². The molecule has 0 aliphatic heterocycles. The Morgan fingerprint density at radius 1 is 1.03 bits per heavy atom. The van der Waals surface area contributed by atoms with Crippen molar-refractivity contribution in [2.24, 2.45) is 0 Å². The second-order valence-corrected chi connectivity index (χ2v) is 8.54. The predicted molar refractivity (Wildman–Crippen MR) is 131 cm³/mol. The molecule has 6 heteroatoms. The molecule has 162 valence electrons. The Balaban J connectivity index is 1.82. The zero-order valence-corrected chi connectivity index (χ0v) is 19.4. The van der Waals surface area contributed by atoms with Crippen molar-refractivity contribution >= 4 is 27.6 Å². The van der Waals surface area contributed by atoms with Gasteiger partial charge in [0, 0.05) is 27.1 Å². The highest BCUT2D eigenvalue weighted by molar-refractivity contribution is 9.10. The third-order valence-corrected chi connectivity index (χ3v) is 5.95. The van der Waals surface area contributed by atoms with E-state index < -0.39 is 5.97 Å². The van der Waals surface area contributed by atoms with Crippen LogP contribution in [0.5, 0.6) is 5.75 Å². The molecule has 1 heterocycles. The number of aryl methyl sites for hydroxylation is 1. The first-order valence-electron chi connectivity index (χ1n) is 10.1. The van der Waals surface area contributed by atoms with Gasteiger partial charge in [-0.1, -0.05) is 46.3 Å². The van der Waals surface area contributed by atoms with E-state index in [0.717, 1.165) is 32.7 Å². The van der Waals surface area contributed by atoms with Gasteiger partial charge in [-0.2, -0.15) is 0 Å². The Morgan fingerprint density at radius 3 is 2.50 bits per heavy atom. The quantitative estimate of drug-likeness (QED) is 0.307. The van der Waals surface area contributed by atoms with Crippen molar-refractivity contribution in [2.45, 2.75) is 20.5 Å². The first-order chi connectivity index (χ1) is 15.3. The lowest BCUT2D eigenvalue weighted by Crippen LogP contribution is -2.08. The first kappa shape index (κ1) is 21.7. The number of aromatic nitrogens is 1. The van der Waals surface area contributed by atoms with E-state index in [-0.39, 0.29) is 5.56 Å². The molecule has 0 aliphatic carbocycles. The van der Waals surface area contributed by atoms with Gasteiger partial charge in [-0.05, 0) is 67.4 Å². The van der Waals surface area contributed by atoms with Crippen LogP contribution in [0.1, 0.15) is 27.2 Å². The highest BCUT2D eigenvalue weighted by Crippen LogP contribution is 2.37. The van der Waals surface area contributed by atoms with Gasteiger partial charge >= 0.3 is 5.97 Å². The Bertz CT molecular complexity index is 1300. The Hall–Kier alpha value is -3.51. The van der Waals surface area contributed by atoms with E-state index in [1.165, 1.54) is 0 Å². The molecule has 4 aromatic rings. The van der Waals surface area contributed by atoms with Gasteiger partial charge < -0.3 is 20.1 Å². The topological polar surface area (TPSA) is 77.5 Å². The fraction of sp³-hybridized carbons (Fsp3) is 0.115. The third-order valence-electron chi connectivity index (χ3n) is 5.45. The lowest BCUT2D eigenvalue weighted by molar-refractivity contribution is 0.0696. The summed E-state index contributed by atoms with van der Waals surface area (Å²) in [5, 5.41) is 9.64. The van der Waals surface area contributed by atoms with Crippen LogP contribution in [0.2, 0.25) is 0 Å². The molecule has 5 nitrogen and oxygen atoms in total. The Kier molecular flexibility index (Phi) is 6.06. The molecule has 0 saturated carbocycles. The number of ether oxygens (including phenoxy) is 1. The van der Waals surface area contributed by atoms with Gasteiger partial charge in [0.2, 0.25) is 0 Å². The number of hydrogen-bond donors (Lipinski definition) is 2. The lowest BCUT2D eigenvalue weighted by atomic mass is 10.0. The van der Waals surface area contributed by atoms with Crippen molar-refractivity contribution < 1.29 is 14.6 Å². The zero-order chi connectivity index (χ0) is 22.8. The number of nitrogen functional groups attached to an aromatic ring is 1. The van der Waals surface area contributed by atoms with Crippen LogP contribution < -0.4 is 10.5 Å². The summed E-state index contributed by atoms with van der Waals surface area (Å²) in [7, 11) is 0. The highest BCUT2D eigenvalue weighted by atomic mass is 79.9. The molecule has 32 heavy (non-hydrogen) atoms. The van der Waals surface area contributed by atoms with E-state index in [4.69, 9.17) is 10.5 Å². The maximum Gasteiger partial charge on any atom is 0.336 e. The monoisotopic (exact) mass is 490 g/mol. The van der Waals surface area contributed by atoms with Crippen molar-refractivity contribution in [1.29, 1.82) is 0 Å². The van der Waals surface area contributed by atoms with Gasteiger partial charge in [-0.15, -0.1) is 0 Å². The summed E-state index contributed by atoms with van der Waals surface area (Å²) < 4.78 is 9.10. The highest BCUT2D eigenvalue weighted by Gasteiger charge is 2.18. The summed E-state index contributed by atoms with van der Waals surface area (Å²) in [6, 6.07) is 23.3. The summed E-state index contributed by atoms with van der Waals surface area (Å²) in [6.45, 7) is 4.13. The van der Waals surface area contributed by atoms with Gasteiger partial charge in [0.15, 0.2) is 0 Å². The van der Waals surface area contributed by atoms with E-state index in [1.807, 2.05) is 72.2 Å². The number of rotatable bonds is 6. The zero-order valence-electron chi connectivity index (χ0n) is 17.8. The van der Waals surface area contributed by atoms with Crippen LogP contribution in [-0.4, -0.2) is 15.6 Å². The van der Waals surface area contributed by atoms with Crippen molar-refractivity contribution in [3.8, 4) is 22.7 Å². The molecular weight excluding hydrogens is 468 g/mol. The third kappa shape index (κ3) is 4.27. The van der Waals surface area contributed by atoms with Crippen LogP contribution in [-0.2, 0) is 6.61 Å². The van der Waals surface area contributed by atoms with Crippen LogP contribution >= 0.6 is 15.9 Å². The van der Waals surface area contributed by atoms with Crippen LogP contribution in [0, 0.1) is 13.8 Å². The largest absolute Gasteiger partial charge is 0.488 e. The summed E-state index contributed by atoms with van der Waals surface area (Å²) >= 11 is 3.57. The van der Waals surface area contributed by atoms with Crippen LogP contribution in [0.3, 0.4) is 0 Å². The molecule has 0 fully saturated rings. The molecule has 0 spiro atoms. The summed E-state index contributed by atoms with van der Waals surface area (Å²) in [5.41, 5.74) is 11.8. The minimum atomic E-state index is -1.00. The number of carboxylic acids is 1. The molecule has 3 aromatic carbocycles. The normalized spacial score (nSPS) is 10.8. The van der Waals surface area contributed by atoms with E-state index in [0.29, 0.717) is 23.5 Å². The Labute approximate surface area is 195 Å². The van der Waals surface area contributed by atoms with E-state index >= 15 is 0 Å². The number of benzene rings is 3. The van der Waals surface area contributed by atoms with Crippen molar-refractivity contribution in [2.75, 3.05) is 5.73 Å². The minimum Gasteiger partial charge on any atom is -0.488 e. The molecule has 0 saturated heterocycles. The first-order valence-corrected chi connectivity index (χ1v) is 10.9. The molecule has 3 N–H and O–H groups in total. The van der Waals surface area contributed by atoms with E-state index in [2.05, 4.69) is 15.9 Å². The summed E-state index contributed by atoms with van der Waals surface area (Å²) in [4.78, 5) is 11.8. The second kappa shape index (κ2) is 8.93.